The van der Waals surface area contributed by atoms with Crippen molar-refractivity contribution in [1.29, 1.82) is 0 Å². The molecule has 0 radical (unpaired) electrons. The molecule has 1 aliphatic carbocycles. The molecule has 0 spiro atoms. The molecular weight excluding hydrogens is 274 g/mol. The quantitative estimate of drug-likeness (QED) is 0.544. The fourth-order valence-electron chi connectivity index (χ4n) is 3.03. The van der Waals surface area contributed by atoms with Gasteiger partial charge in [-0.2, -0.15) is 0 Å². The number of hydrogen-bond acceptors (Lipinski definition) is 2. The van der Waals surface area contributed by atoms with Crippen LogP contribution in [0.1, 0.15) is 32.0 Å². The van der Waals surface area contributed by atoms with E-state index >= 15 is 0 Å². The Morgan fingerprint density at radius 2 is 1.45 bits per heavy atom. The average molecular weight is 287 g/mol. The van der Waals surface area contributed by atoms with Crippen LogP contribution in [0.15, 0.2) is 54.1 Å². The van der Waals surface area contributed by atoms with Gasteiger partial charge >= 0.3 is 0 Å². The van der Waals surface area contributed by atoms with Crippen LogP contribution in [0, 0.1) is 6.92 Å². The molecule has 2 aromatic carbocycles. The van der Waals surface area contributed by atoms with Crippen LogP contribution in [0.4, 0.5) is 0 Å². The Morgan fingerprint density at radius 1 is 0.864 bits per heavy atom. The number of fused-ring (bicyclic) bond motifs is 2. The summed E-state index contributed by atoms with van der Waals surface area (Å²) in [5.74, 6) is -0.379. The minimum atomic E-state index is -0.190. The molecule has 0 unspecified atom stereocenters. The predicted molar refractivity (Wildman–Crippen MR) is 86.1 cm³/mol. The molecule has 22 heavy (non-hydrogen) atoms. The van der Waals surface area contributed by atoms with Crippen molar-refractivity contribution in [2.24, 2.45) is 0 Å². The number of carbonyl (C=O) groups is 2. The Kier molecular flexibility index (Phi) is 2.63. The van der Waals surface area contributed by atoms with Crippen molar-refractivity contribution in [3.8, 4) is 0 Å². The largest absolute Gasteiger partial charge is 0.358 e. The second-order valence-corrected chi connectivity index (χ2v) is 5.47. The lowest BCUT2D eigenvalue weighted by molar-refractivity contribution is 0.0990. The van der Waals surface area contributed by atoms with Gasteiger partial charge in [0.25, 0.3) is 0 Å². The fraction of sp³-hybridized carbons (Fsp3) is 0.0526. The molecule has 1 N–H and O–H groups in total. The van der Waals surface area contributed by atoms with Crippen LogP contribution in [0.2, 0.25) is 0 Å². The third-order valence-electron chi connectivity index (χ3n) is 4.14. The number of para-hydroxylation sites is 1. The maximum absolute atomic E-state index is 12.5. The van der Waals surface area contributed by atoms with Gasteiger partial charge in [-0.05, 0) is 19.1 Å². The summed E-state index contributed by atoms with van der Waals surface area (Å²) in [5, 5.41) is 1.02. The number of allylic oxidation sites excluding steroid dienone is 1. The topological polar surface area (TPSA) is 49.9 Å². The Bertz CT molecular complexity index is 939. The van der Waals surface area contributed by atoms with Gasteiger partial charge in [-0.25, -0.2) is 0 Å². The maximum Gasteiger partial charge on any atom is 0.197 e. The Hall–Kier alpha value is -2.94. The summed E-state index contributed by atoms with van der Waals surface area (Å²) in [7, 11) is 0. The summed E-state index contributed by atoms with van der Waals surface area (Å²) in [6.07, 6.45) is 1.72. The molecule has 3 nitrogen and oxygen atoms in total. The second kappa shape index (κ2) is 4.53. The van der Waals surface area contributed by atoms with Gasteiger partial charge in [0.15, 0.2) is 11.6 Å². The van der Waals surface area contributed by atoms with Crippen LogP contribution in [0.25, 0.3) is 17.0 Å². The lowest BCUT2D eigenvalue weighted by atomic mass is 10.0. The van der Waals surface area contributed by atoms with Crippen LogP contribution in [0.5, 0.6) is 0 Å². The number of Topliss-reactive ketones (excluding diaryl/α,β-unsaturated/α-hetero) is 2. The van der Waals surface area contributed by atoms with Crippen molar-refractivity contribution in [2.45, 2.75) is 6.92 Å². The molecule has 0 fully saturated rings. The number of aromatic amines is 1. The Labute approximate surface area is 127 Å². The van der Waals surface area contributed by atoms with E-state index in [1.54, 1.807) is 30.3 Å². The summed E-state index contributed by atoms with van der Waals surface area (Å²) < 4.78 is 0. The van der Waals surface area contributed by atoms with Gasteiger partial charge in [0.05, 0.1) is 5.57 Å². The van der Waals surface area contributed by atoms with Crippen LogP contribution in [0.3, 0.4) is 0 Å². The number of carbonyl (C=O) groups excluding carboxylic acids is 2. The monoisotopic (exact) mass is 287 g/mol. The molecule has 0 aliphatic heterocycles. The van der Waals surface area contributed by atoms with E-state index in [2.05, 4.69) is 4.98 Å². The highest BCUT2D eigenvalue weighted by Gasteiger charge is 2.32. The summed E-state index contributed by atoms with van der Waals surface area (Å²) >= 11 is 0. The number of hydrogen-bond donors (Lipinski definition) is 1. The number of rotatable bonds is 1. The van der Waals surface area contributed by atoms with Crippen molar-refractivity contribution in [2.75, 3.05) is 0 Å². The van der Waals surface area contributed by atoms with E-state index in [-0.39, 0.29) is 17.1 Å². The molecule has 1 aliphatic rings. The zero-order chi connectivity index (χ0) is 15.3. The molecular formula is C19H13NO2. The molecule has 0 atom stereocenters. The molecule has 3 aromatic rings. The standard InChI is InChI=1S/C19H13NO2/c1-11-15(12-6-4-5-9-17(12)20-11)10-16-18(21)13-7-2-3-8-14(13)19(16)22/h2-10,20H,1H3. The van der Waals surface area contributed by atoms with E-state index in [1.807, 2.05) is 31.2 Å². The zero-order valence-corrected chi connectivity index (χ0v) is 12.0. The number of nitrogens with one attached hydrogen (secondary N) is 1. The third-order valence-corrected chi connectivity index (χ3v) is 4.14. The minimum absolute atomic E-state index is 0.190. The molecule has 4 rings (SSSR count). The lowest BCUT2D eigenvalue weighted by Crippen LogP contribution is -2.00. The fourth-order valence-corrected chi connectivity index (χ4v) is 3.03. The predicted octanol–water partition coefficient (Wildman–Crippen LogP) is 3.94. The first-order chi connectivity index (χ1) is 10.7. The van der Waals surface area contributed by atoms with Crippen LogP contribution >= 0.6 is 0 Å². The molecule has 106 valence electrons. The van der Waals surface area contributed by atoms with E-state index in [0.717, 1.165) is 22.2 Å². The molecule has 0 bridgehead atoms. The highest BCUT2D eigenvalue weighted by molar-refractivity contribution is 6.41. The van der Waals surface area contributed by atoms with Gasteiger partial charge in [-0.3, -0.25) is 9.59 Å². The molecule has 0 saturated heterocycles. The van der Waals surface area contributed by atoms with Crippen molar-refractivity contribution in [3.63, 3.8) is 0 Å². The number of H-pyrrole nitrogens is 1. The maximum atomic E-state index is 12.5. The highest BCUT2D eigenvalue weighted by atomic mass is 16.2. The number of aromatic nitrogens is 1. The first kappa shape index (κ1) is 12.8. The summed E-state index contributed by atoms with van der Waals surface area (Å²) in [5.41, 5.74) is 4.09. The highest BCUT2D eigenvalue weighted by Crippen LogP contribution is 2.30. The van der Waals surface area contributed by atoms with E-state index in [1.165, 1.54) is 0 Å². The summed E-state index contributed by atoms with van der Waals surface area (Å²) in [6, 6.07) is 14.9. The molecule has 1 aromatic heterocycles. The normalized spacial score (nSPS) is 13.8. The molecule has 3 heteroatoms. The van der Waals surface area contributed by atoms with Crippen LogP contribution in [-0.4, -0.2) is 16.6 Å². The number of benzene rings is 2. The van der Waals surface area contributed by atoms with Crippen molar-refractivity contribution < 1.29 is 9.59 Å². The summed E-state index contributed by atoms with van der Waals surface area (Å²) in [4.78, 5) is 28.2. The van der Waals surface area contributed by atoms with Crippen LogP contribution < -0.4 is 0 Å². The second-order valence-electron chi connectivity index (χ2n) is 5.47. The summed E-state index contributed by atoms with van der Waals surface area (Å²) in [6.45, 7) is 1.95. The Morgan fingerprint density at radius 3 is 2.14 bits per heavy atom. The van der Waals surface area contributed by atoms with E-state index in [9.17, 15) is 9.59 Å². The zero-order valence-electron chi connectivity index (χ0n) is 12.0. The van der Waals surface area contributed by atoms with Crippen LogP contribution in [-0.2, 0) is 0 Å². The SMILES string of the molecule is Cc1[nH]c2ccccc2c1C=C1C(=O)c2ccccc2C1=O. The van der Waals surface area contributed by atoms with Crippen molar-refractivity contribution in [1.82, 2.24) is 4.98 Å². The third kappa shape index (κ3) is 1.69. The molecule has 0 amide bonds. The Balaban J connectivity index is 1.92. The average Bonchev–Trinajstić information content (AvgIpc) is 2.98. The lowest BCUT2D eigenvalue weighted by Gasteiger charge is -1.96. The van der Waals surface area contributed by atoms with Gasteiger partial charge in [-0.15, -0.1) is 0 Å². The van der Waals surface area contributed by atoms with Gasteiger partial charge in [0.2, 0.25) is 0 Å². The van der Waals surface area contributed by atoms with Crippen molar-refractivity contribution >= 4 is 28.5 Å². The molecule has 1 heterocycles. The van der Waals surface area contributed by atoms with Crippen molar-refractivity contribution in [3.05, 3.63) is 76.5 Å². The van der Waals surface area contributed by atoms with Gasteiger partial charge in [0.1, 0.15) is 0 Å². The number of aryl methyl sites for hydroxylation is 1. The first-order valence-electron chi connectivity index (χ1n) is 7.14. The smallest absolute Gasteiger partial charge is 0.197 e. The number of ketones is 2. The van der Waals surface area contributed by atoms with Gasteiger partial charge < -0.3 is 4.98 Å². The van der Waals surface area contributed by atoms with Gasteiger partial charge in [0, 0.05) is 33.3 Å². The molecule has 0 saturated carbocycles. The van der Waals surface area contributed by atoms with E-state index in [0.29, 0.717) is 11.1 Å². The van der Waals surface area contributed by atoms with E-state index < -0.39 is 0 Å². The minimum Gasteiger partial charge on any atom is -0.358 e. The first-order valence-corrected chi connectivity index (χ1v) is 7.14. The van der Waals surface area contributed by atoms with E-state index in [4.69, 9.17) is 0 Å². The van der Waals surface area contributed by atoms with Gasteiger partial charge in [-0.1, -0.05) is 42.5 Å².